The van der Waals surface area contributed by atoms with Crippen molar-refractivity contribution in [2.45, 2.75) is 32.2 Å². The Hall–Kier alpha value is -1.54. The fourth-order valence-corrected chi connectivity index (χ4v) is 2.62. The largest absolute Gasteiger partial charge is 0.337 e. The van der Waals surface area contributed by atoms with Gasteiger partial charge in [0.05, 0.1) is 12.5 Å². The Balaban J connectivity index is 1.99. The van der Waals surface area contributed by atoms with Crippen LogP contribution in [0.1, 0.15) is 31.2 Å². The average molecular weight is 289 g/mol. The van der Waals surface area contributed by atoms with Crippen LogP contribution in [-0.4, -0.2) is 28.1 Å². The molecule has 0 N–H and O–H groups in total. The van der Waals surface area contributed by atoms with Crippen LogP contribution in [0, 0.1) is 16.7 Å². The van der Waals surface area contributed by atoms with Gasteiger partial charge in [0.2, 0.25) is 5.91 Å². The van der Waals surface area contributed by atoms with Gasteiger partial charge in [0.1, 0.15) is 0 Å². The maximum absolute atomic E-state index is 12.4. The number of hydrogen-bond donors (Lipinski definition) is 1. The number of hydrogen-bond acceptors (Lipinski definition) is 4. The molecule has 1 saturated carbocycles. The molecule has 0 atom stereocenters. The van der Waals surface area contributed by atoms with Crippen LogP contribution in [0.4, 0.5) is 0 Å². The molecule has 0 spiro atoms. The Morgan fingerprint density at radius 3 is 2.90 bits per heavy atom. The number of amides is 1. The smallest absolute Gasteiger partial charge is 0.223 e. The maximum Gasteiger partial charge on any atom is 0.223 e. The van der Waals surface area contributed by atoms with Gasteiger partial charge in [-0.1, -0.05) is 6.07 Å². The van der Waals surface area contributed by atoms with Gasteiger partial charge in [-0.2, -0.15) is 17.9 Å². The Labute approximate surface area is 125 Å². The van der Waals surface area contributed by atoms with E-state index in [2.05, 4.69) is 23.7 Å². The molecular weight excluding hydrogens is 270 g/mol. The summed E-state index contributed by atoms with van der Waals surface area (Å²) in [6, 6.07) is 5.92. The summed E-state index contributed by atoms with van der Waals surface area (Å²) in [5.74, 6) is 0.883. The summed E-state index contributed by atoms with van der Waals surface area (Å²) in [7, 11) is 0. The third-order valence-electron chi connectivity index (χ3n) is 3.76. The fraction of sp³-hybridized carbons (Fsp3) is 0.533. The van der Waals surface area contributed by atoms with Crippen LogP contribution in [0.25, 0.3) is 0 Å². The molecule has 20 heavy (non-hydrogen) atoms. The molecule has 1 aliphatic carbocycles. The first-order chi connectivity index (χ1) is 9.69. The van der Waals surface area contributed by atoms with Crippen molar-refractivity contribution in [3.8, 4) is 6.07 Å². The first kappa shape index (κ1) is 14.9. The van der Waals surface area contributed by atoms with Gasteiger partial charge in [-0.25, -0.2) is 0 Å². The van der Waals surface area contributed by atoms with Gasteiger partial charge in [-0.05, 0) is 35.6 Å². The molecule has 1 aliphatic rings. The Kier molecular flexibility index (Phi) is 5.02. The number of rotatable bonds is 7. The Morgan fingerprint density at radius 2 is 2.35 bits per heavy atom. The van der Waals surface area contributed by atoms with Gasteiger partial charge in [-0.15, -0.1) is 0 Å². The number of aromatic nitrogens is 1. The lowest BCUT2D eigenvalue weighted by Crippen LogP contribution is -2.33. The number of nitrogens with zero attached hydrogens (tertiary/aromatic N) is 3. The quantitative estimate of drug-likeness (QED) is 0.784. The van der Waals surface area contributed by atoms with E-state index < -0.39 is 0 Å². The monoisotopic (exact) mass is 289 g/mol. The van der Waals surface area contributed by atoms with Crippen LogP contribution < -0.4 is 0 Å². The summed E-state index contributed by atoms with van der Waals surface area (Å²) in [5, 5.41) is 8.74. The van der Waals surface area contributed by atoms with Crippen LogP contribution in [-0.2, 0) is 11.3 Å². The van der Waals surface area contributed by atoms with Gasteiger partial charge < -0.3 is 4.90 Å². The zero-order valence-corrected chi connectivity index (χ0v) is 12.4. The highest BCUT2D eigenvalue weighted by molar-refractivity contribution is 7.80. The van der Waals surface area contributed by atoms with Gasteiger partial charge in [-0.3, -0.25) is 9.78 Å². The van der Waals surface area contributed by atoms with Crippen LogP contribution in [0.5, 0.6) is 0 Å². The zero-order chi connectivity index (χ0) is 14.4. The summed E-state index contributed by atoms with van der Waals surface area (Å²) in [5.41, 5.74) is 1.11. The predicted octanol–water partition coefficient (Wildman–Crippen LogP) is 2.42. The average Bonchev–Trinajstić information content (AvgIpc) is 3.24. The first-order valence-electron chi connectivity index (χ1n) is 6.84. The second kappa shape index (κ2) is 6.76. The molecule has 4 nitrogen and oxygen atoms in total. The minimum atomic E-state index is 0.111. The van der Waals surface area contributed by atoms with Crippen molar-refractivity contribution in [2.75, 3.05) is 12.3 Å². The third-order valence-corrected chi connectivity index (χ3v) is 4.43. The molecule has 1 aromatic heterocycles. The van der Waals surface area contributed by atoms with E-state index in [9.17, 15) is 4.79 Å². The van der Waals surface area contributed by atoms with E-state index in [0.717, 1.165) is 24.2 Å². The molecule has 0 radical (unpaired) electrons. The normalized spacial score (nSPS) is 15.4. The first-order valence-corrected chi connectivity index (χ1v) is 7.47. The van der Waals surface area contributed by atoms with Crippen LogP contribution in [0.15, 0.2) is 24.5 Å². The molecule has 0 saturated heterocycles. The summed E-state index contributed by atoms with van der Waals surface area (Å²) >= 11 is 4.34. The number of carbonyl (C=O) groups excluding carboxylic acids is 1. The third kappa shape index (κ3) is 3.97. The molecule has 1 heterocycles. The molecule has 1 fully saturated rings. The number of carbonyl (C=O) groups is 1. The fourth-order valence-electron chi connectivity index (χ4n) is 2.19. The lowest BCUT2D eigenvalue weighted by molar-refractivity contribution is -0.132. The predicted molar refractivity (Wildman–Crippen MR) is 80.0 cm³/mol. The summed E-state index contributed by atoms with van der Waals surface area (Å²) in [6.07, 6.45) is 6.55. The number of nitriles is 1. The topological polar surface area (TPSA) is 57.0 Å². The van der Waals surface area contributed by atoms with E-state index in [1.54, 1.807) is 17.3 Å². The molecule has 0 aliphatic heterocycles. The van der Waals surface area contributed by atoms with Crippen molar-refractivity contribution < 1.29 is 4.79 Å². The molecule has 2 rings (SSSR count). The minimum Gasteiger partial charge on any atom is -0.337 e. The summed E-state index contributed by atoms with van der Waals surface area (Å²) in [6.45, 7) is 1.00. The molecule has 1 aromatic rings. The lowest BCUT2D eigenvalue weighted by atomic mass is 10.0. The van der Waals surface area contributed by atoms with Crippen molar-refractivity contribution in [2.24, 2.45) is 5.41 Å². The lowest BCUT2D eigenvalue weighted by Gasteiger charge is -2.24. The van der Waals surface area contributed by atoms with Crippen LogP contribution in [0.2, 0.25) is 0 Å². The van der Waals surface area contributed by atoms with E-state index in [4.69, 9.17) is 5.26 Å². The van der Waals surface area contributed by atoms with E-state index in [-0.39, 0.29) is 11.3 Å². The number of thiol groups is 1. The van der Waals surface area contributed by atoms with Crippen molar-refractivity contribution in [1.82, 2.24) is 9.88 Å². The van der Waals surface area contributed by atoms with Crippen molar-refractivity contribution in [3.05, 3.63) is 30.1 Å². The SMILES string of the molecule is N#CCCN(Cc1cccnc1)C(=O)CC1(CS)CC1. The Bertz CT molecular complexity index is 494. The molecular formula is C15H19N3OS. The molecule has 106 valence electrons. The number of pyridine rings is 1. The Morgan fingerprint density at radius 1 is 1.55 bits per heavy atom. The van der Waals surface area contributed by atoms with E-state index in [1.807, 2.05) is 12.1 Å². The highest BCUT2D eigenvalue weighted by atomic mass is 32.1. The molecule has 1 amide bonds. The standard InChI is InChI=1S/C15H19N3OS/c16-6-2-8-18(11-13-3-1-7-17-10-13)14(19)9-15(12-20)4-5-15/h1,3,7,10,20H,2,4-5,8-9,11-12H2. The van der Waals surface area contributed by atoms with Crippen LogP contribution >= 0.6 is 12.6 Å². The minimum absolute atomic E-state index is 0.111. The highest BCUT2D eigenvalue weighted by Gasteiger charge is 2.43. The van der Waals surface area contributed by atoms with Crippen LogP contribution in [0.3, 0.4) is 0 Å². The van der Waals surface area contributed by atoms with Gasteiger partial charge >= 0.3 is 0 Å². The van der Waals surface area contributed by atoms with Gasteiger partial charge in [0.25, 0.3) is 0 Å². The summed E-state index contributed by atoms with van der Waals surface area (Å²) in [4.78, 5) is 18.3. The second-order valence-corrected chi connectivity index (χ2v) is 5.74. The molecule has 0 bridgehead atoms. The zero-order valence-electron chi connectivity index (χ0n) is 11.5. The van der Waals surface area contributed by atoms with E-state index in [0.29, 0.717) is 25.9 Å². The summed E-state index contributed by atoms with van der Waals surface area (Å²) < 4.78 is 0. The van der Waals surface area contributed by atoms with Crippen molar-refractivity contribution >= 4 is 18.5 Å². The van der Waals surface area contributed by atoms with Gasteiger partial charge in [0, 0.05) is 31.9 Å². The van der Waals surface area contributed by atoms with E-state index >= 15 is 0 Å². The van der Waals surface area contributed by atoms with E-state index in [1.165, 1.54) is 0 Å². The van der Waals surface area contributed by atoms with Crippen molar-refractivity contribution in [3.63, 3.8) is 0 Å². The maximum atomic E-state index is 12.4. The van der Waals surface area contributed by atoms with Crippen molar-refractivity contribution in [1.29, 1.82) is 5.26 Å². The molecule has 0 unspecified atom stereocenters. The molecule has 0 aromatic carbocycles. The van der Waals surface area contributed by atoms with Gasteiger partial charge in [0.15, 0.2) is 0 Å². The highest BCUT2D eigenvalue weighted by Crippen LogP contribution is 2.49. The molecule has 5 heteroatoms. The second-order valence-electron chi connectivity index (χ2n) is 5.42.